The van der Waals surface area contributed by atoms with Crippen LogP contribution in [0, 0.1) is 3.57 Å². The summed E-state index contributed by atoms with van der Waals surface area (Å²) in [6, 6.07) is 9.85. The van der Waals surface area contributed by atoms with Crippen molar-refractivity contribution in [1.29, 1.82) is 0 Å². The van der Waals surface area contributed by atoms with E-state index in [1.807, 2.05) is 6.07 Å². The smallest absolute Gasteiger partial charge is 0.275 e. The Hall–Kier alpha value is -2.29. The number of hydrogen-bond donors (Lipinski definition) is 2. The van der Waals surface area contributed by atoms with Crippen molar-refractivity contribution in [2.45, 2.75) is 0 Å². The van der Waals surface area contributed by atoms with Crippen LogP contribution in [0.1, 0.15) is 15.9 Å². The number of nitrogens with zero attached hydrogens (tertiary/aromatic N) is 1. The van der Waals surface area contributed by atoms with Crippen molar-refractivity contribution >= 4 is 34.7 Å². The zero-order chi connectivity index (χ0) is 16.8. The first-order valence-electron chi connectivity index (χ1n) is 6.59. The summed E-state index contributed by atoms with van der Waals surface area (Å²) in [7, 11) is 3.12. The summed E-state index contributed by atoms with van der Waals surface area (Å²) >= 11 is 2.13. The van der Waals surface area contributed by atoms with Gasteiger partial charge < -0.3 is 14.6 Å². The maximum Gasteiger partial charge on any atom is 0.275 e. The molecule has 0 aromatic heterocycles. The number of aromatic hydroxyl groups is 1. The zero-order valence-corrected chi connectivity index (χ0v) is 14.7. The zero-order valence-electron chi connectivity index (χ0n) is 12.5. The van der Waals surface area contributed by atoms with E-state index in [1.165, 1.54) is 18.3 Å². The first kappa shape index (κ1) is 17.1. The summed E-state index contributed by atoms with van der Waals surface area (Å²) in [5.41, 5.74) is 3.27. The molecule has 23 heavy (non-hydrogen) atoms. The second-order valence-electron chi connectivity index (χ2n) is 4.45. The highest BCUT2D eigenvalue weighted by atomic mass is 127. The highest BCUT2D eigenvalue weighted by molar-refractivity contribution is 14.1. The molecule has 0 atom stereocenters. The normalized spacial score (nSPS) is 10.6. The molecule has 0 unspecified atom stereocenters. The van der Waals surface area contributed by atoms with E-state index < -0.39 is 5.91 Å². The number of ether oxygens (including phenoxy) is 2. The summed E-state index contributed by atoms with van der Waals surface area (Å²) in [6.07, 6.45) is 1.49. The lowest BCUT2D eigenvalue weighted by atomic mass is 10.2. The molecule has 0 fully saturated rings. The van der Waals surface area contributed by atoms with E-state index in [0.717, 1.165) is 9.13 Å². The van der Waals surface area contributed by atoms with Crippen LogP contribution in [0.4, 0.5) is 0 Å². The maximum absolute atomic E-state index is 11.9. The third-order valence-corrected chi connectivity index (χ3v) is 3.79. The molecule has 2 rings (SSSR count). The molecule has 0 aliphatic rings. The number of phenols is 1. The third kappa shape index (κ3) is 4.13. The molecule has 0 aliphatic heterocycles. The van der Waals surface area contributed by atoms with Gasteiger partial charge in [0.2, 0.25) is 0 Å². The van der Waals surface area contributed by atoms with Crippen LogP contribution in [0.25, 0.3) is 0 Å². The lowest BCUT2D eigenvalue weighted by Crippen LogP contribution is -2.17. The molecule has 0 spiro atoms. The first-order valence-corrected chi connectivity index (χ1v) is 7.67. The van der Waals surface area contributed by atoms with Crippen molar-refractivity contribution in [2.24, 2.45) is 5.10 Å². The fourth-order valence-corrected chi connectivity index (χ4v) is 2.75. The second kappa shape index (κ2) is 7.82. The first-order chi connectivity index (χ1) is 11.1. The van der Waals surface area contributed by atoms with Crippen LogP contribution in [-0.4, -0.2) is 31.4 Å². The number of methoxy groups -OCH3 is 2. The fourth-order valence-electron chi connectivity index (χ4n) is 1.90. The molecule has 0 saturated heterocycles. The van der Waals surface area contributed by atoms with Gasteiger partial charge in [-0.25, -0.2) is 5.43 Å². The van der Waals surface area contributed by atoms with Gasteiger partial charge in [-0.15, -0.1) is 0 Å². The largest absolute Gasteiger partial charge is 0.507 e. The number of nitrogens with one attached hydrogen (secondary N) is 1. The molecule has 0 heterocycles. The van der Waals surface area contributed by atoms with Crippen molar-refractivity contribution in [3.05, 3.63) is 51.1 Å². The van der Waals surface area contributed by atoms with Crippen molar-refractivity contribution in [3.63, 3.8) is 0 Å². The second-order valence-corrected chi connectivity index (χ2v) is 5.62. The fraction of sp³-hybridized carbons (Fsp3) is 0.125. The van der Waals surface area contributed by atoms with Gasteiger partial charge in [0.1, 0.15) is 5.75 Å². The number of amides is 1. The summed E-state index contributed by atoms with van der Waals surface area (Å²) in [4.78, 5) is 11.9. The quantitative estimate of drug-likeness (QED) is 0.438. The number of hydrazone groups is 1. The van der Waals surface area contributed by atoms with Crippen LogP contribution < -0.4 is 14.9 Å². The topological polar surface area (TPSA) is 80.2 Å². The molecule has 0 aliphatic carbocycles. The molecule has 2 aromatic rings. The molecular formula is C16H15IN2O4. The number of rotatable bonds is 5. The Kier molecular flexibility index (Phi) is 5.80. The number of carbonyl (C=O) groups is 1. The molecule has 0 saturated carbocycles. The minimum Gasteiger partial charge on any atom is -0.507 e. The van der Waals surface area contributed by atoms with E-state index in [4.69, 9.17) is 9.47 Å². The van der Waals surface area contributed by atoms with Gasteiger partial charge in [0.15, 0.2) is 11.5 Å². The predicted molar refractivity (Wildman–Crippen MR) is 95.4 cm³/mol. The Morgan fingerprint density at radius 2 is 2.00 bits per heavy atom. The Labute approximate surface area is 147 Å². The Morgan fingerprint density at radius 3 is 2.65 bits per heavy atom. The van der Waals surface area contributed by atoms with Crippen LogP contribution in [0.15, 0.2) is 41.5 Å². The SMILES string of the molecule is COc1cc(/C=N\NC(=O)c2ccccc2O)cc(I)c1OC. The standard InChI is InChI=1S/C16H15IN2O4/c1-22-14-8-10(7-12(17)15(14)23-2)9-18-19-16(21)11-5-3-4-6-13(11)20/h3-9,20H,1-2H3,(H,19,21)/b18-9-. The molecule has 120 valence electrons. The van der Waals surface area contributed by atoms with Gasteiger partial charge in [-0.3, -0.25) is 4.79 Å². The minimum atomic E-state index is -0.491. The lowest BCUT2D eigenvalue weighted by Gasteiger charge is -2.10. The number of carbonyl (C=O) groups excluding carboxylic acids is 1. The summed E-state index contributed by atoms with van der Waals surface area (Å²) in [5, 5.41) is 13.5. The van der Waals surface area contributed by atoms with Crippen molar-refractivity contribution in [1.82, 2.24) is 5.43 Å². The molecular weight excluding hydrogens is 411 g/mol. The van der Waals surface area contributed by atoms with E-state index in [1.54, 1.807) is 32.4 Å². The van der Waals surface area contributed by atoms with Crippen LogP contribution in [0.5, 0.6) is 17.2 Å². The number of halogens is 1. The number of phenolic OH excluding ortho intramolecular Hbond substituents is 1. The molecule has 0 bridgehead atoms. The monoisotopic (exact) mass is 426 g/mol. The highest BCUT2D eigenvalue weighted by Crippen LogP contribution is 2.32. The number of para-hydroxylation sites is 1. The van der Waals surface area contributed by atoms with E-state index in [9.17, 15) is 9.90 Å². The van der Waals surface area contributed by atoms with Crippen LogP contribution in [0.2, 0.25) is 0 Å². The summed E-state index contributed by atoms with van der Waals surface area (Å²) < 4.78 is 11.4. The van der Waals surface area contributed by atoms with E-state index in [0.29, 0.717) is 11.5 Å². The third-order valence-electron chi connectivity index (χ3n) is 2.98. The summed E-state index contributed by atoms with van der Waals surface area (Å²) in [6.45, 7) is 0. The van der Waals surface area contributed by atoms with E-state index in [2.05, 4.69) is 33.1 Å². The molecule has 2 N–H and O–H groups in total. The average Bonchev–Trinajstić information content (AvgIpc) is 2.54. The molecule has 7 heteroatoms. The molecule has 0 radical (unpaired) electrons. The maximum atomic E-state index is 11.9. The van der Waals surface area contributed by atoms with Crippen molar-refractivity contribution in [2.75, 3.05) is 14.2 Å². The van der Waals surface area contributed by atoms with Crippen molar-refractivity contribution in [3.8, 4) is 17.2 Å². The molecule has 2 aromatic carbocycles. The minimum absolute atomic E-state index is 0.0964. The Balaban J connectivity index is 2.13. The lowest BCUT2D eigenvalue weighted by molar-refractivity contribution is 0.0952. The summed E-state index contributed by atoms with van der Waals surface area (Å²) in [5.74, 6) is 0.631. The van der Waals surface area contributed by atoms with E-state index >= 15 is 0 Å². The van der Waals surface area contributed by atoms with Crippen molar-refractivity contribution < 1.29 is 19.4 Å². The molecule has 1 amide bonds. The van der Waals surface area contributed by atoms with Gasteiger partial charge in [-0.2, -0.15) is 5.10 Å². The average molecular weight is 426 g/mol. The van der Waals surface area contributed by atoms with Crippen LogP contribution >= 0.6 is 22.6 Å². The van der Waals surface area contributed by atoms with Gasteiger partial charge in [-0.1, -0.05) is 12.1 Å². The Morgan fingerprint density at radius 1 is 1.26 bits per heavy atom. The number of hydrogen-bond acceptors (Lipinski definition) is 5. The van der Waals surface area contributed by atoms with Crippen LogP contribution in [-0.2, 0) is 0 Å². The van der Waals surface area contributed by atoms with E-state index in [-0.39, 0.29) is 11.3 Å². The van der Waals surface area contributed by atoms with Gasteiger partial charge >= 0.3 is 0 Å². The Bertz CT molecular complexity index is 747. The van der Waals surface area contributed by atoms with Gasteiger partial charge in [-0.05, 0) is 52.4 Å². The van der Waals surface area contributed by atoms with Gasteiger partial charge in [0.05, 0.1) is 29.6 Å². The van der Waals surface area contributed by atoms with Crippen LogP contribution in [0.3, 0.4) is 0 Å². The molecule has 6 nitrogen and oxygen atoms in total. The highest BCUT2D eigenvalue weighted by Gasteiger charge is 2.10. The predicted octanol–water partition coefficient (Wildman–Crippen LogP) is 2.78. The van der Waals surface area contributed by atoms with Gasteiger partial charge in [0, 0.05) is 0 Å². The number of benzene rings is 2. The van der Waals surface area contributed by atoms with Gasteiger partial charge in [0.25, 0.3) is 5.91 Å².